The molecule has 0 bridgehead atoms. The Bertz CT molecular complexity index is 1260. The van der Waals surface area contributed by atoms with Gasteiger partial charge in [0.05, 0.1) is 5.56 Å². The number of H-pyrrole nitrogens is 1. The van der Waals surface area contributed by atoms with E-state index in [2.05, 4.69) is 25.0 Å². The number of pyridine rings is 1. The predicted octanol–water partition coefficient (Wildman–Crippen LogP) is 4.23. The summed E-state index contributed by atoms with van der Waals surface area (Å²) in [6, 6.07) is 11.9. The maximum atomic E-state index is 13.1. The SMILES string of the molecule is O=C(c1c[nH]c2ccccc12)N1CCN(c2ccc(-c3noc(C4CCCC4)n3)cn2)CC1. The fourth-order valence-electron chi connectivity index (χ4n) is 4.95. The fraction of sp³-hybridized carbons (Fsp3) is 0.360. The van der Waals surface area contributed by atoms with Crippen LogP contribution in [-0.4, -0.2) is 57.1 Å². The van der Waals surface area contributed by atoms with Crippen molar-refractivity contribution >= 4 is 22.6 Å². The molecule has 0 spiro atoms. The zero-order chi connectivity index (χ0) is 22.2. The van der Waals surface area contributed by atoms with Crippen LogP contribution in [-0.2, 0) is 0 Å². The highest BCUT2D eigenvalue weighted by Crippen LogP contribution is 2.34. The minimum atomic E-state index is 0.0746. The van der Waals surface area contributed by atoms with Gasteiger partial charge in [-0.25, -0.2) is 4.98 Å². The number of nitrogens with one attached hydrogen (secondary N) is 1. The molecular formula is C25H26N6O2. The van der Waals surface area contributed by atoms with Crippen LogP contribution in [0, 0.1) is 0 Å². The van der Waals surface area contributed by atoms with Gasteiger partial charge in [0.15, 0.2) is 0 Å². The third-order valence-corrected chi connectivity index (χ3v) is 6.86. The van der Waals surface area contributed by atoms with Crippen LogP contribution < -0.4 is 4.90 Å². The first-order chi connectivity index (χ1) is 16.3. The van der Waals surface area contributed by atoms with Gasteiger partial charge in [-0.05, 0) is 31.0 Å². The summed E-state index contributed by atoms with van der Waals surface area (Å²) < 4.78 is 5.50. The Morgan fingerprint density at radius 1 is 1.03 bits per heavy atom. The number of amides is 1. The third-order valence-electron chi connectivity index (χ3n) is 6.86. The molecule has 4 aromatic rings. The van der Waals surface area contributed by atoms with E-state index < -0.39 is 0 Å². The van der Waals surface area contributed by atoms with Crippen molar-refractivity contribution in [2.75, 3.05) is 31.1 Å². The average Bonchev–Trinajstić information content (AvgIpc) is 3.64. The highest BCUT2D eigenvalue weighted by Gasteiger charge is 2.25. The van der Waals surface area contributed by atoms with Gasteiger partial charge >= 0.3 is 0 Å². The van der Waals surface area contributed by atoms with Gasteiger partial charge in [0.25, 0.3) is 5.91 Å². The molecule has 168 valence electrons. The van der Waals surface area contributed by atoms with E-state index in [-0.39, 0.29) is 5.91 Å². The summed E-state index contributed by atoms with van der Waals surface area (Å²) in [6.07, 6.45) is 8.36. The number of anilines is 1. The van der Waals surface area contributed by atoms with Gasteiger partial charge in [-0.1, -0.05) is 36.2 Å². The first kappa shape index (κ1) is 20.0. The van der Waals surface area contributed by atoms with Crippen LogP contribution in [0.1, 0.15) is 47.8 Å². The molecule has 6 rings (SSSR count). The fourth-order valence-corrected chi connectivity index (χ4v) is 4.95. The Balaban J connectivity index is 1.10. The summed E-state index contributed by atoms with van der Waals surface area (Å²) in [7, 11) is 0. The number of piperazine rings is 1. The number of carbonyl (C=O) groups excluding carboxylic acids is 1. The van der Waals surface area contributed by atoms with Gasteiger partial charge in [0.1, 0.15) is 5.82 Å². The molecule has 2 aliphatic rings. The van der Waals surface area contributed by atoms with E-state index in [1.165, 1.54) is 12.8 Å². The lowest BCUT2D eigenvalue weighted by Gasteiger charge is -2.35. The van der Waals surface area contributed by atoms with Gasteiger partial charge in [-0.2, -0.15) is 4.98 Å². The molecule has 4 heterocycles. The van der Waals surface area contributed by atoms with Crippen LogP contribution >= 0.6 is 0 Å². The molecule has 1 aliphatic heterocycles. The van der Waals surface area contributed by atoms with Crippen LogP contribution in [0.3, 0.4) is 0 Å². The van der Waals surface area contributed by atoms with Crippen molar-refractivity contribution in [2.45, 2.75) is 31.6 Å². The summed E-state index contributed by atoms with van der Waals surface area (Å²) in [5.41, 5.74) is 2.58. The molecule has 33 heavy (non-hydrogen) atoms. The molecule has 2 fully saturated rings. The van der Waals surface area contributed by atoms with Crippen molar-refractivity contribution in [3.8, 4) is 11.4 Å². The molecule has 8 heteroatoms. The number of aromatic nitrogens is 4. The number of benzene rings is 1. The van der Waals surface area contributed by atoms with E-state index >= 15 is 0 Å². The van der Waals surface area contributed by atoms with Gasteiger partial charge in [0.2, 0.25) is 11.7 Å². The number of aromatic amines is 1. The number of fused-ring (bicyclic) bond motifs is 1. The van der Waals surface area contributed by atoms with Crippen LogP contribution in [0.4, 0.5) is 5.82 Å². The maximum absolute atomic E-state index is 13.1. The molecule has 1 amide bonds. The summed E-state index contributed by atoms with van der Waals surface area (Å²) in [4.78, 5) is 29.6. The van der Waals surface area contributed by atoms with Crippen molar-refractivity contribution in [3.63, 3.8) is 0 Å². The number of nitrogens with zero attached hydrogens (tertiary/aromatic N) is 5. The van der Waals surface area contributed by atoms with E-state index in [1.807, 2.05) is 53.7 Å². The molecule has 0 atom stereocenters. The van der Waals surface area contributed by atoms with Crippen molar-refractivity contribution in [3.05, 3.63) is 60.2 Å². The van der Waals surface area contributed by atoms with E-state index in [0.717, 1.165) is 59.7 Å². The van der Waals surface area contributed by atoms with Crippen molar-refractivity contribution < 1.29 is 9.32 Å². The summed E-state index contributed by atoms with van der Waals surface area (Å²) in [6.45, 7) is 2.82. The maximum Gasteiger partial charge on any atom is 0.256 e. The number of carbonyl (C=O) groups is 1. The molecule has 0 unspecified atom stereocenters. The lowest BCUT2D eigenvalue weighted by atomic mass is 10.1. The van der Waals surface area contributed by atoms with Gasteiger partial charge in [-0.3, -0.25) is 4.79 Å². The Kier molecular flexibility index (Phi) is 5.05. The summed E-state index contributed by atoms with van der Waals surface area (Å²) >= 11 is 0. The molecule has 1 aliphatic carbocycles. The molecule has 1 saturated carbocycles. The topological polar surface area (TPSA) is 91.2 Å². The second-order valence-electron chi connectivity index (χ2n) is 8.87. The highest BCUT2D eigenvalue weighted by molar-refractivity contribution is 6.06. The van der Waals surface area contributed by atoms with Gasteiger partial charge in [0, 0.05) is 61.0 Å². The predicted molar refractivity (Wildman–Crippen MR) is 125 cm³/mol. The zero-order valence-corrected chi connectivity index (χ0v) is 18.4. The van der Waals surface area contributed by atoms with E-state index in [9.17, 15) is 4.79 Å². The van der Waals surface area contributed by atoms with Crippen molar-refractivity contribution in [2.24, 2.45) is 0 Å². The number of rotatable bonds is 4. The highest BCUT2D eigenvalue weighted by atomic mass is 16.5. The number of hydrogen-bond donors (Lipinski definition) is 1. The molecule has 1 N–H and O–H groups in total. The second kappa shape index (κ2) is 8.35. The van der Waals surface area contributed by atoms with E-state index in [0.29, 0.717) is 24.8 Å². The Hall–Kier alpha value is -3.68. The first-order valence-electron chi connectivity index (χ1n) is 11.7. The Morgan fingerprint density at radius 3 is 2.64 bits per heavy atom. The molecule has 0 radical (unpaired) electrons. The van der Waals surface area contributed by atoms with Crippen molar-refractivity contribution in [1.82, 2.24) is 25.0 Å². The minimum Gasteiger partial charge on any atom is -0.360 e. The standard InChI is InChI=1S/C25H26N6O2/c32-25(20-16-26-21-8-4-3-7-19(20)21)31-13-11-30(12-14-31)22-10-9-18(15-27-22)23-28-24(33-29-23)17-5-1-2-6-17/h3-4,7-10,15-17,26H,1-2,5-6,11-14H2. The number of para-hydroxylation sites is 1. The van der Waals surface area contributed by atoms with Crippen LogP contribution in [0.5, 0.6) is 0 Å². The molecule has 1 aromatic carbocycles. The first-order valence-corrected chi connectivity index (χ1v) is 11.7. The smallest absolute Gasteiger partial charge is 0.256 e. The minimum absolute atomic E-state index is 0.0746. The van der Waals surface area contributed by atoms with Crippen LogP contribution in [0.15, 0.2) is 53.3 Å². The lowest BCUT2D eigenvalue weighted by molar-refractivity contribution is 0.0748. The molecule has 8 nitrogen and oxygen atoms in total. The zero-order valence-electron chi connectivity index (χ0n) is 18.4. The van der Waals surface area contributed by atoms with E-state index in [4.69, 9.17) is 4.52 Å². The number of hydrogen-bond acceptors (Lipinski definition) is 6. The quantitative estimate of drug-likeness (QED) is 0.509. The van der Waals surface area contributed by atoms with Gasteiger partial charge < -0.3 is 19.3 Å². The molecular weight excluding hydrogens is 416 g/mol. The summed E-state index contributed by atoms with van der Waals surface area (Å²) in [5, 5.41) is 5.13. The van der Waals surface area contributed by atoms with Gasteiger partial charge in [-0.15, -0.1) is 0 Å². The Labute approximate surface area is 191 Å². The normalized spacial score (nSPS) is 17.2. The summed E-state index contributed by atoms with van der Waals surface area (Å²) in [5.74, 6) is 2.73. The lowest BCUT2D eigenvalue weighted by Crippen LogP contribution is -2.49. The largest absolute Gasteiger partial charge is 0.360 e. The molecule has 3 aromatic heterocycles. The average molecular weight is 443 g/mol. The third kappa shape index (κ3) is 3.75. The van der Waals surface area contributed by atoms with Crippen LogP contribution in [0.2, 0.25) is 0 Å². The molecule has 1 saturated heterocycles. The second-order valence-corrected chi connectivity index (χ2v) is 8.87. The van der Waals surface area contributed by atoms with E-state index in [1.54, 1.807) is 0 Å². The Morgan fingerprint density at radius 2 is 1.85 bits per heavy atom. The monoisotopic (exact) mass is 442 g/mol. The van der Waals surface area contributed by atoms with Crippen molar-refractivity contribution in [1.29, 1.82) is 0 Å². The van der Waals surface area contributed by atoms with Crippen LogP contribution in [0.25, 0.3) is 22.3 Å².